The summed E-state index contributed by atoms with van der Waals surface area (Å²) in [5, 5.41) is 2.45. The number of hydrogen-bond acceptors (Lipinski definition) is 2. The number of nitrogens with one attached hydrogen (secondary N) is 1. The highest BCUT2D eigenvalue weighted by Gasteiger charge is 2.46. The van der Waals surface area contributed by atoms with Crippen LogP contribution in [0.15, 0.2) is 0 Å². The van der Waals surface area contributed by atoms with E-state index in [-0.39, 0.29) is 23.1 Å². The van der Waals surface area contributed by atoms with Crippen LogP contribution >= 0.6 is 0 Å². The predicted octanol–water partition coefficient (Wildman–Crippen LogP) is 2.11. The number of rotatable bonds is 3. The second-order valence-electron chi connectivity index (χ2n) is 5.09. The van der Waals surface area contributed by atoms with E-state index in [1.54, 1.807) is 0 Å². The molecule has 0 aromatic rings. The zero-order valence-electron chi connectivity index (χ0n) is 10.1. The van der Waals surface area contributed by atoms with Gasteiger partial charge in [-0.2, -0.15) is 0 Å². The largest absolute Gasteiger partial charge is 0.296 e. The highest BCUT2D eigenvalue weighted by Crippen LogP contribution is 2.43. The molecule has 1 rings (SSSR count). The molecule has 1 fully saturated rings. The van der Waals surface area contributed by atoms with E-state index in [1.807, 2.05) is 0 Å². The fraction of sp³-hybridized carbons (Fsp3) is 0.833. The molecule has 0 radical (unpaired) electrons. The molecule has 0 spiro atoms. The number of amides is 2. The molecular weight excluding hydrogens is 190 g/mol. The van der Waals surface area contributed by atoms with Gasteiger partial charge in [-0.15, -0.1) is 0 Å². The molecule has 1 saturated heterocycles. The van der Waals surface area contributed by atoms with Crippen molar-refractivity contribution >= 4 is 11.8 Å². The van der Waals surface area contributed by atoms with Crippen LogP contribution in [0.4, 0.5) is 0 Å². The van der Waals surface area contributed by atoms with E-state index >= 15 is 0 Å². The maximum absolute atomic E-state index is 11.8. The Balaban J connectivity index is 2.96. The lowest BCUT2D eigenvalue weighted by atomic mass is 9.63. The summed E-state index contributed by atoms with van der Waals surface area (Å²) < 4.78 is 0. The van der Waals surface area contributed by atoms with E-state index in [9.17, 15) is 9.59 Å². The summed E-state index contributed by atoms with van der Waals surface area (Å²) in [7, 11) is 0. The first-order valence-corrected chi connectivity index (χ1v) is 5.75. The first-order chi connectivity index (χ1) is 6.91. The van der Waals surface area contributed by atoms with E-state index in [2.05, 4.69) is 33.0 Å². The summed E-state index contributed by atoms with van der Waals surface area (Å²) in [5.74, 6) is 0.136. The Bertz CT molecular complexity index is 273. The van der Waals surface area contributed by atoms with Gasteiger partial charge in [-0.3, -0.25) is 14.9 Å². The van der Waals surface area contributed by atoms with Crippen LogP contribution in [-0.4, -0.2) is 11.8 Å². The summed E-state index contributed by atoms with van der Waals surface area (Å²) >= 11 is 0. The molecule has 1 aliphatic rings. The minimum absolute atomic E-state index is 0.0137. The molecule has 2 unspecified atom stereocenters. The minimum atomic E-state index is -0.171. The Morgan fingerprint density at radius 1 is 1.47 bits per heavy atom. The molecular formula is C12H21NO2. The van der Waals surface area contributed by atoms with Gasteiger partial charge in [0.25, 0.3) is 0 Å². The van der Waals surface area contributed by atoms with Gasteiger partial charge in [-0.1, -0.05) is 34.1 Å². The summed E-state index contributed by atoms with van der Waals surface area (Å²) in [6, 6.07) is 0. The molecule has 2 atom stereocenters. The van der Waals surface area contributed by atoms with Gasteiger partial charge in [-0.25, -0.2) is 0 Å². The lowest BCUT2D eigenvalue weighted by Gasteiger charge is -2.43. The molecule has 0 aromatic heterocycles. The van der Waals surface area contributed by atoms with Crippen LogP contribution in [0.1, 0.15) is 47.0 Å². The molecule has 0 saturated carbocycles. The van der Waals surface area contributed by atoms with Crippen molar-refractivity contribution < 1.29 is 9.59 Å². The Morgan fingerprint density at radius 3 is 2.53 bits per heavy atom. The van der Waals surface area contributed by atoms with Crippen LogP contribution in [0.25, 0.3) is 0 Å². The van der Waals surface area contributed by atoms with E-state index in [0.29, 0.717) is 12.3 Å². The fourth-order valence-corrected chi connectivity index (χ4v) is 2.39. The van der Waals surface area contributed by atoms with Crippen molar-refractivity contribution in [2.45, 2.75) is 47.0 Å². The number of imide groups is 1. The van der Waals surface area contributed by atoms with Crippen molar-refractivity contribution in [2.75, 3.05) is 0 Å². The summed E-state index contributed by atoms with van der Waals surface area (Å²) in [6.07, 6.45) is 2.32. The van der Waals surface area contributed by atoms with Gasteiger partial charge >= 0.3 is 0 Å². The second-order valence-corrected chi connectivity index (χ2v) is 5.09. The van der Waals surface area contributed by atoms with Crippen LogP contribution in [0.2, 0.25) is 0 Å². The first-order valence-electron chi connectivity index (χ1n) is 5.75. The van der Waals surface area contributed by atoms with E-state index in [1.165, 1.54) is 0 Å². The Kier molecular flexibility index (Phi) is 3.53. The maximum Gasteiger partial charge on any atom is 0.230 e. The Hall–Kier alpha value is -0.860. The number of carbonyl (C=O) groups is 2. The van der Waals surface area contributed by atoms with Gasteiger partial charge in [0.2, 0.25) is 11.8 Å². The predicted molar refractivity (Wildman–Crippen MR) is 59.1 cm³/mol. The highest BCUT2D eigenvalue weighted by molar-refractivity contribution is 5.99. The summed E-state index contributed by atoms with van der Waals surface area (Å²) in [5.41, 5.74) is -0.171. The Labute approximate surface area is 91.6 Å². The fourth-order valence-electron chi connectivity index (χ4n) is 2.39. The third kappa shape index (κ3) is 2.21. The van der Waals surface area contributed by atoms with E-state index in [4.69, 9.17) is 0 Å². The molecule has 0 bridgehead atoms. The lowest BCUT2D eigenvalue weighted by Crippen LogP contribution is -2.52. The molecule has 0 aliphatic carbocycles. The molecule has 0 aromatic carbocycles. The van der Waals surface area contributed by atoms with Gasteiger partial charge in [-0.05, 0) is 17.8 Å². The molecule has 2 amide bonds. The van der Waals surface area contributed by atoms with Crippen molar-refractivity contribution in [3.05, 3.63) is 0 Å². The van der Waals surface area contributed by atoms with Crippen molar-refractivity contribution in [1.29, 1.82) is 0 Å². The van der Waals surface area contributed by atoms with E-state index in [0.717, 1.165) is 12.8 Å². The average Bonchev–Trinajstić information content (AvgIpc) is 2.11. The average molecular weight is 211 g/mol. The lowest BCUT2D eigenvalue weighted by molar-refractivity contribution is -0.145. The van der Waals surface area contributed by atoms with Gasteiger partial charge in [0, 0.05) is 12.3 Å². The normalized spacial score (nSPS) is 31.9. The van der Waals surface area contributed by atoms with Crippen molar-refractivity contribution in [2.24, 2.45) is 17.3 Å². The van der Waals surface area contributed by atoms with Crippen LogP contribution in [0, 0.1) is 17.3 Å². The van der Waals surface area contributed by atoms with Crippen LogP contribution < -0.4 is 5.32 Å². The molecule has 3 heteroatoms. The third-order valence-corrected chi connectivity index (χ3v) is 3.81. The monoisotopic (exact) mass is 211 g/mol. The zero-order chi connectivity index (χ0) is 11.6. The number of piperidine rings is 1. The van der Waals surface area contributed by atoms with Crippen LogP contribution in [-0.2, 0) is 9.59 Å². The van der Waals surface area contributed by atoms with E-state index < -0.39 is 0 Å². The Morgan fingerprint density at radius 2 is 2.07 bits per heavy atom. The second kappa shape index (κ2) is 4.33. The van der Waals surface area contributed by atoms with Gasteiger partial charge in [0.1, 0.15) is 0 Å². The van der Waals surface area contributed by atoms with Gasteiger partial charge < -0.3 is 0 Å². The van der Waals surface area contributed by atoms with Crippen LogP contribution in [0.5, 0.6) is 0 Å². The third-order valence-electron chi connectivity index (χ3n) is 3.81. The number of hydrogen-bond donors (Lipinski definition) is 1. The maximum atomic E-state index is 11.8. The standard InChI is InChI=1S/C12H21NO2/c1-5-6-9-11(15)13-10(14)7-12(9,4)8(2)3/h8-9H,5-7H2,1-4H3,(H,13,14,15). The zero-order valence-corrected chi connectivity index (χ0v) is 10.1. The first kappa shape index (κ1) is 12.2. The van der Waals surface area contributed by atoms with Crippen molar-refractivity contribution in [1.82, 2.24) is 5.32 Å². The SMILES string of the molecule is CCCC1C(=O)NC(=O)CC1(C)C(C)C. The van der Waals surface area contributed by atoms with Crippen molar-refractivity contribution in [3.8, 4) is 0 Å². The highest BCUT2D eigenvalue weighted by atomic mass is 16.2. The smallest absolute Gasteiger partial charge is 0.230 e. The quantitative estimate of drug-likeness (QED) is 0.727. The topological polar surface area (TPSA) is 46.2 Å². The van der Waals surface area contributed by atoms with Gasteiger partial charge in [0.05, 0.1) is 0 Å². The number of carbonyl (C=O) groups excluding carboxylic acids is 2. The molecule has 86 valence electrons. The van der Waals surface area contributed by atoms with Crippen LogP contribution in [0.3, 0.4) is 0 Å². The molecule has 1 heterocycles. The molecule has 3 nitrogen and oxygen atoms in total. The van der Waals surface area contributed by atoms with Gasteiger partial charge in [0.15, 0.2) is 0 Å². The summed E-state index contributed by atoms with van der Waals surface area (Å²) in [4.78, 5) is 23.2. The molecule has 1 aliphatic heterocycles. The molecule has 1 N–H and O–H groups in total. The molecule has 15 heavy (non-hydrogen) atoms. The minimum Gasteiger partial charge on any atom is -0.296 e. The van der Waals surface area contributed by atoms with Crippen molar-refractivity contribution in [3.63, 3.8) is 0 Å². The summed E-state index contributed by atoms with van der Waals surface area (Å²) in [6.45, 7) is 8.32.